The fraction of sp³-hybridized carbons (Fsp3) is 0.750. The summed E-state index contributed by atoms with van der Waals surface area (Å²) in [5.41, 5.74) is -0.298. The normalized spacial score (nSPS) is 33.6. The zero-order valence-corrected chi connectivity index (χ0v) is 17.5. The first-order valence-electron chi connectivity index (χ1n) is 10.5. The van der Waals surface area contributed by atoms with Crippen LogP contribution in [-0.2, 0) is 18.1 Å². The minimum Gasteiger partial charge on any atom is -0.423 e. The van der Waals surface area contributed by atoms with Crippen molar-refractivity contribution in [3.05, 3.63) is 27.6 Å². The van der Waals surface area contributed by atoms with Crippen LogP contribution in [-0.4, -0.2) is 20.0 Å². The smallest absolute Gasteiger partial charge is 0.423 e. The maximum atomic E-state index is 13.3. The first-order valence-corrected chi connectivity index (χ1v) is 11.3. The minimum absolute atomic E-state index is 0.0127. The Morgan fingerprint density at radius 2 is 1.66 bits per heavy atom. The van der Waals surface area contributed by atoms with Crippen molar-refractivity contribution in [1.29, 1.82) is 0 Å². The lowest BCUT2D eigenvalue weighted by Gasteiger charge is -2.55. The summed E-state index contributed by atoms with van der Waals surface area (Å²) in [7, 11) is 0. The second-order valence-corrected chi connectivity index (χ2v) is 10.5. The summed E-state index contributed by atoms with van der Waals surface area (Å²) in [6.45, 7) is 0.0832. The molecule has 0 amide bonds. The van der Waals surface area contributed by atoms with Crippen LogP contribution in [0.3, 0.4) is 0 Å². The van der Waals surface area contributed by atoms with Gasteiger partial charge in [-0.2, -0.15) is 18.3 Å². The van der Waals surface area contributed by atoms with Crippen LogP contribution in [0.4, 0.5) is 13.2 Å². The average Bonchev–Trinajstić information content (AvgIpc) is 3.23. The molecule has 5 aliphatic rings. The van der Waals surface area contributed by atoms with E-state index in [2.05, 4.69) is 31.2 Å². The topological polar surface area (TPSA) is 56.7 Å². The average molecular weight is 471 g/mol. The van der Waals surface area contributed by atoms with Crippen LogP contribution in [0.25, 0.3) is 0 Å². The molecule has 5 saturated carbocycles. The van der Waals surface area contributed by atoms with Crippen LogP contribution in [0, 0.1) is 17.8 Å². The predicted octanol–water partition coefficient (Wildman–Crippen LogP) is 5.44. The lowest BCUT2D eigenvalue weighted by atomic mass is 9.49. The van der Waals surface area contributed by atoms with E-state index in [0.717, 1.165) is 49.9 Å². The number of nitrogens with zero attached hydrogens (tertiary/aromatic N) is 4. The van der Waals surface area contributed by atoms with Gasteiger partial charge in [0.05, 0.1) is 10.2 Å². The highest BCUT2D eigenvalue weighted by Crippen LogP contribution is 2.60. The number of rotatable bonds is 4. The van der Waals surface area contributed by atoms with E-state index in [1.165, 1.54) is 23.9 Å². The van der Waals surface area contributed by atoms with Crippen molar-refractivity contribution in [2.45, 2.75) is 75.4 Å². The number of hydrogen-bond acceptors (Lipinski definition) is 4. The first kappa shape index (κ1) is 18.4. The molecule has 2 aromatic heterocycles. The van der Waals surface area contributed by atoms with Crippen LogP contribution in [0.1, 0.15) is 80.5 Å². The van der Waals surface area contributed by atoms with E-state index in [1.807, 2.05) is 0 Å². The molecule has 0 saturated heterocycles. The lowest BCUT2D eigenvalue weighted by molar-refractivity contribution is -0.142. The summed E-state index contributed by atoms with van der Waals surface area (Å²) in [6, 6.07) is 0. The van der Waals surface area contributed by atoms with Crippen molar-refractivity contribution in [2.75, 3.05) is 0 Å². The van der Waals surface area contributed by atoms with Crippen molar-refractivity contribution in [3.63, 3.8) is 0 Å². The fourth-order valence-electron chi connectivity index (χ4n) is 6.53. The highest BCUT2D eigenvalue weighted by Gasteiger charge is 2.54. The third-order valence-corrected chi connectivity index (χ3v) is 8.19. The van der Waals surface area contributed by atoms with Crippen molar-refractivity contribution in [2.24, 2.45) is 17.8 Å². The Bertz CT molecular complexity index is 926. The summed E-state index contributed by atoms with van der Waals surface area (Å²) in [4.78, 5) is 0. The molecular formula is C20H22BrF3N4O. The maximum Gasteiger partial charge on any atom is 0.436 e. The maximum absolute atomic E-state index is 13.3. The number of halogens is 4. The summed E-state index contributed by atoms with van der Waals surface area (Å²) in [6.07, 6.45) is 4.57. The second-order valence-electron chi connectivity index (χ2n) is 9.68. The van der Waals surface area contributed by atoms with Gasteiger partial charge in [-0.1, -0.05) is 0 Å². The van der Waals surface area contributed by atoms with Gasteiger partial charge in [0, 0.05) is 11.3 Å². The molecule has 0 radical (unpaired) electrons. The molecule has 156 valence electrons. The van der Waals surface area contributed by atoms with E-state index < -0.39 is 11.9 Å². The highest BCUT2D eigenvalue weighted by molar-refractivity contribution is 9.10. The van der Waals surface area contributed by atoms with Gasteiger partial charge in [-0.3, -0.25) is 4.68 Å². The molecule has 2 heterocycles. The lowest BCUT2D eigenvalue weighted by Crippen LogP contribution is -2.48. The van der Waals surface area contributed by atoms with Crippen molar-refractivity contribution in [1.82, 2.24) is 20.0 Å². The Labute approximate surface area is 174 Å². The minimum atomic E-state index is -4.49. The van der Waals surface area contributed by atoms with Crippen LogP contribution in [0.15, 0.2) is 8.89 Å². The van der Waals surface area contributed by atoms with Crippen LogP contribution >= 0.6 is 15.9 Å². The van der Waals surface area contributed by atoms with Crippen molar-refractivity contribution in [3.8, 4) is 0 Å². The van der Waals surface area contributed by atoms with Crippen LogP contribution in [0.2, 0.25) is 0 Å². The molecule has 0 aromatic carbocycles. The van der Waals surface area contributed by atoms with Gasteiger partial charge in [0.2, 0.25) is 11.8 Å². The zero-order valence-electron chi connectivity index (χ0n) is 15.9. The van der Waals surface area contributed by atoms with Gasteiger partial charge in [-0.15, -0.1) is 10.2 Å². The second kappa shape index (κ2) is 6.08. The number of alkyl halides is 3. The summed E-state index contributed by atoms with van der Waals surface area (Å²) in [5, 5.41) is 12.5. The van der Waals surface area contributed by atoms with Crippen LogP contribution in [0.5, 0.6) is 0 Å². The van der Waals surface area contributed by atoms with Gasteiger partial charge in [0.1, 0.15) is 6.54 Å². The molecule has 4 bridgehead atoms. The molecule has 29 heavy (non-hydrogen) atoms. The van der Waals surface area contributed by atoms with E-state index in [0.29, 0.717) is 17.5 Å². The van der Waals surface area contributed by atoms with Gasteiger partial charge in [0.15, 0.2) is 5.69 Å². The Kier molecular flexibility index (Phi) is 3.85. The van der Waals surface area contributed by atoms with Gasteiger partial charge in [0.25, 0.3) is 0 Å². The van der Waals surface area contributed by atoms with E-state index >= 15 is 0 Å². The van der Waals surface area contributed by atoms with Gasteiger partial charge in [-0.25, -0.2) is 0 Å². The van der Waals surface area contributed by atoms with Gasteiger partial charge in [-0.05, 0) is 85.1 Å². The van der Waals surface area contributed by atoms with E-state index in [-0.39, 0.29) is 22.4 Å². The number of aromatic nitrogens is 4. The third kappa shape index (κ3) is 2.98. The van der Waals surface area contributed by atoms with Crippen molar-refractivity contribution >= 4 is 15.9 Å². The quantitative estimate of drug-likeness (QED) is 0.596. The van der Waals surface area contributed by atoms with Gasteiger partial charge < -0.3 is 4.42 Å². The SMILES string of the molecule is FC(F)(F)c1nn(Cc2nnc(C34CC5CC(CC(C5)C3)C4)o2)c(C2CC2)c1Br. The largest absolute Gasteiger partial charge is 0.436 e. The zero-order chi connectivity index (χ0) is 20.0. The molecule has 0 N–H and O–H groups in total. The third-order valence-electron chi connectivity index (χ3n) is 7.41. The monoisotopic (exact) mass is 470 g/mol. The molecule has 0 atom stereocenters. The first-order chi connectivity index (χ1) is 13.8. The Balaban J connectivity index is 1.30. The van der Waals surface area contributed by atoms with Crippen molar-refractivity contribution < 1.29 is 17.6 Å². The molecule has 5 nitrogen and oxygen atoms in total. The summed E-state index contributed by atoms with van der Waals surface area (Å²) >= 11 is 3.14. The standard InChI is InChI=1S/C20H22BrF3N4O/c21-15-16(13-1-2-13)28(27-17(15)20(22,23)24)9-14-25-26-18(29-14)19-6-10-3-11(7-19)5-12(4-10)8-19/h10-13H,1-9H2. The molecule has 2 aromatic rings. The molecule has 7 rings (SSSR count). The molecule has 0 aliphatic heterocycles. The van der Waals surface area contributed by atoms with Crippen LogP contribution < -0.4 is 0 Å². The fourth-order valence-corrected chi connectivity index (χ4v) is 7.37. The van der Waals surface area contributed by atoms with E-state index in [4.69, 9.17) is 4.42 Å². The molecule has 0 unspecified atom stereocenters. The van der Waals surface area contributed by atoms with E-state index in [1.54, 1.807) is 0 Å². The Hall–Kier alpha value is -1.38. The molecule has 9 heteroatoms. The molecule has 5 aliphatic carbocycles. The Morgan fingerprint density at radius 3 is 2.21 bits per heavy atom. The Morgan fingerprint density at radius 1 is 1.03 bits per heavy atom. The molecule has 5 fully saturated rings. The summed E-state index contributed by atoms with van der Waals surface area (Å²) in [5.74, 6) is 3.43. The van der Waals surface area contributed by atoms with Gasteiger partial charge >= 0.3 is 6.18 Å². The van der Waals surface area contributed by atoms with E-state index in [9.17, 15) is 13.2 Å². The highest BCUT2D eigenvalue weighted by atomic mass is 79.9. The summed E-state index contributed by atoms with van der Waals surface area (Å²) < 4.78 is 47.5. The number of hydrogen-bond donors (Lipinski definition) is 0. The molecule has 0 spiro atoms. The predicted molar refractivity (Wildman–Crippen MR) is 100 cm³/mol. The molecular weight excluding hydrogens is 449 g/mol.